The highest BCUT2D eigenvalue weighted by atomic mass is 16.5. The van der Waals surface area contributed by atoms with Gasteiger partial charge in [-0.05, 0) is 48.1 Å². The molecule has 5 nitrogen and oxygen atoms in total. The maximum Gasteiger partial charge on any atom is 0.411 e. The van der Waals surface area contributed by atoms with E-state index in [0.717, 1.165) is 11.5 Å². The molecule has 2 aromatic carbocycles. The van der Waals surface area contributed by atoms with E-state index in [0.29, 0.717) is 17.8 Å². The van der Waals surface area contributed by atoms with Crippen LogP contribution in [-0.4, -0.2) is 19.1 Å². The van der Waals surface area contributed by atoms with Gasteiger partial charge in [0.2, 0.25) is 0 Å². The highest BCUT2D eigenvalue weighted by molar-refractivity contribution is 5.96. The summed E-state index contributed by atoms with van der Waals surface area (Å²) in [6.07, 6.45) is 2.00. The summed E-state index contributed by atoms with van der Waals surface area (Å²) in [6.45, 7) is 0.471. The molecule has 1 saturated carbocycles. The number of anilines is 1. The highest BCUT2D eigenvalue weighted by Crippen LogP contribution is 2.39. The van der Waals surface area contributed by atoms with Crippen LogP contribution in [-0.2, 0) is 11.3 Å². The average Bonchev–Trinajstić information content (AvgIpc) is 3.45. The first kappa shape index (κ1) is 16.1. The summed E-state index contributed by atoms with van der Waals surface area (Å²) in [6, 6.07) is 15.1. The van der Waals surface area contributed by atoms with Gasteiger partial charge in [0.15, 0.2) is 0 Å². The second-order valence-corrected chi connectivity index (χ2v) is 5.90. The van der Waals surface area contributed by atoms with E-state index in [-0.39, 0.29) is 5.91 Å². The lowest BCUT2D eigenvalue weighted by Gasteiger charge is -2.08. The van der Waals surface area contributed by atoms with E-state index in [1.807, 2.05) is 0 Å². The summed E-state index contributed by atoms with van der Waals surface area (Å²) in [7, 11) is 1.29. The molecule has 24 heavy (non-hydrogen) atoms. The molecule has 2 N–H and O–H groups in total. The van der Waals surface area contributed by atoms with Gasteiger partial charge in [-0.1, -0.05) is 30.3 Å². The number of carbonyl (C=O) groups excluding carboxylic acids is 2. The number of amides is 2. The van der Waals surface area contributed by atoms with Gasteiger partial charge < -0.3 is 10.1 Å². The number of rotatable bonds is 5. The molecule has 0 aliphatic heterocycles. The molecule has 124 valence electrons. The Morgan fingerprint density at radius 2 is 1.88 bits per heavy atom. The summed E-state index contributed by atoms with van der Waals surface area (Å²) in [5.41, 5.74) is 3.45. The normalized spacial score (nSPS) is 13.2. The molecule has 1 fully saturated rings. The summed E-state index contributed by atoms with van der Waals surface area (Å²) in [5.74, 6) is 0.550. The fourth-order valence-electron chi connectivity index (χ4n) is 2.52. The van der Waals surface area contributed by atoms with Gasteiger partial charge in [-0.15, -0.1) is 0 Å². The van der Waals surface area contributed by atoms with Gasteiger partial charge in [0, 0.05) is 17.8 Å². The predicted molar refractivity (Wildman–Crippen MR) is 92.1 cm³/mol. The van der Waals surface area contributed by atoms with E-state index in [4.69, 9.17) is 0 Å². The molecule has 0 aromatic heterocycles. The van der Waals surface area contributed by atoms with Crippen LogP contribution in [0.1, 0.15) is 40.2 Å². The molecule has 0 saturated heterocycles. The fourth-order valence-corrected chi connectivity index (χ4v) is 2.52. The van der Waals surface area contributed by atoms with E-state index in [2.05, 4.69) is 39.6 Å². The zero-order valence-electron chi connectivity index (χ0n) is 13.5. The highest BCUT2D eigenvalue weighted by Gasteiger charge is 2.22. The van der Waals surface area contributed by atoms with E-state index >= 15 is 0 Å². The molecule has 0 radical (unpaired) electrons. The van der Waals surface area contributed by atoms with Gasteiger partial charge >= 0.3 is 6.09 Å². The third kappa shape index (κ3) is 4.13. The largest absolute Gasteiger partial charge is 0.453 e. The Balaban J connectivity index is 1.58. The van der Waals surface area contributed by atoms with E-state index in [9.17, 15) is 9.59 Å². The van der Waals surface area contributed by atoms with Crippen molar-refractivity contribution in [3.8, 4) is 0 Å². The Morgan fingerprint density at radius 1 is 1.12 bits per heavy atom. The molecule has 0 atom stereocenters. The van der Waals surface area contributed by atoms with E-state index in [1.54, 1.807) is 24.3 Å². The van der Waals surface area contributed by atoms with Crippen molar-refractivity contribution in [2.24, 2.45) is 0 Å². The fraction of sp³-hybridized carbons (Fsp3) is 0.263. The second-order valence-electron chi connectivity index (χ2n) is 5.90. The number of ether oxygens (including phenoxy) is 1. The lowest BCUT2D eigenvalue weighted by molar-refractivity contribution is 0.0951. The molecule has 1 aliphatic rings. The maximum atomic E-state index is 12.3. The third-order valence-corrected chi connectivity index (χ3v) is 4.04. The molecule has 5 heteroatoms. The number of methoxy groups -OCH3 is 1. The van der Waals surface area contributed by atoms with Crippen LogP contribution in [0.25, 0.3) is 0 Å². The minimum Gasteiger partial charge on any atom is -0.453 e. The van der Waals surface area contributed by atoms with E-state index < -0.39 is 6.09 Å². The monoisotopic (exact) mass is 324 g/mol. The molecular weight excluding hydrogens is 304 g/mol. The summed E-state index contributed by atoms with van der Waals surface area (Å²) in [4.78, 5) is 23.5. The molecule has 3 rings (SSSR count). The van der Waals surface area contributed by atoms with E-state index in [1.165, 1.54) is 25.5 Å². The van der Waals surface area contributed by atoms with Crippen LogP contribution in [0.5, 0.6) is 0 Å². The van der Waals surface area contributed by atoms with Crippen molar-refractivity contribution >= 4 is 17.7 Å². The molecule has 0 heterocycles. The van der Waals surface area contributed by atoms with Crippen LogP contribution in [0, 0.1) is 0 Å². The molecule has 0 bridgehead atoms. The molecule has 1 aliphatic carbocycles. The van der Waals surface area contributed by atoms with Crippen LogP contribution in [0.3, 0.4) is 0 Å². The molecule has 2 amide bonds. The van der Waals surface area contributed by atoms with Crippen LogP contribution >= 0.6 is 0 Å². The topological polar surface area (TPSA) is 67.4 Å². The summed E-state index contributed by atoms with van der Waals surface area (Å²) >= 11 is 0. The van der Waals surface area contributed by atoms with Crippen molar-refractivity contribution < 1.29 is 14.3 Å². The molecular formula is C19H20N2O3. The molecule has 0 unspecified atom stereocenters. The van der Waals surface area contributed by atoms with Crippen LogP contribution in [0.2, 0.25) is 0 Å². The SMILES string of the molecule is COC(=O)Nc1cccc(C(=O)NCc2ccc(C3CC3)cc2)c1. The van der Waals surface area contributed by atoms with Crippen molar-refractivity contribution in [2.75, 3.05) is 12.4 Å². The van der Waals surface area contributed by atoms with Crippen molar-refractivity contribution in [3.05, 3.63) is 65.2 Å². The van der Waals surface area contributed by atoms with Crippen molar-refractivity contribution in [1.29, 1.82) is 0 Å². The Kier molecular flexibility index (Phi) is 4.79. The van der Waals surface area contributed by atoms with Crippen molar-refractivity contribution in [2.45, 2.75) is 25.3 Å². The number of benzene rings is 2. The molecule has 2 aromatic rings. The summed E-state index contributed by atoms with van der Waals surface area (Å²) < 4.78 is 4.54. The number of carbonyl (C=O) groups is 2. The quantitative estimate of drug-likeness (QED) is 0.882. The van der Waals surface area contributed by atoms with Crippen molar-refractivity contribution in [1.82, 2.24) is 5.32 Å². The lowest BCUT2D eigenvalue weighted by Crippen LogP contribution is -2.23. The lowest BCUT2D eigenvalue weighted by atomic mass is 10.1. The number of nitrogens with one attached hydrogen (secondary N) is 2. The van der Waals surface area contributed by atoms with Gasteiger partial charge in [-0.3, -0.25) is 10.1 Å². The van der Waals surface area contributed by atoms with Crippen LogP contribution < -0.4 is 10.6 Å². The standard InChI is InChI=1S/C19H20N2O3/c1-24-19(23)21-17-4-2-3-16(11-17)18(22)20-12-13-5-7-14(8-6-13)15-9-10-15/h2-8,11,15H,9-10,12H2,1H3,(H,20,22)(H,21,23). The van der Waals surface area contributed by atoms with Crippen LogP contribution in [0.4, 0.5) is 10.5 Å². The Labute approximate surface area is 141 Å². The average molecular weight is 324 g/mol. The maximum absolute atomic E-state index is 12.3. The first-order valence-electron chi connectivity index (χ1n) is 7.98. The third-order valence-electron chi connectivity index (χ3n) is 4.04. The first-order valence-corrected chi connectivity index (χ1v) is 7.98. The zero-order chi connectivity index (χ0) is 16.9. The Bertz CT molecular complexity index is 737. The second kappa shape index (κ2) is 7.17. The molecule has 0 spiro atoms. The van der Waals surface area contributed by atoms with Gasteiger partial charge in [-0.2, -0.15) is 0 Å². The number of hydrogen-bond donors (Lipinski definition) is 2. The number of hydrogen-bond acceptors (Lipinski definition) is 3. The van der Waals surface area contributed by atoms with Gasteiger partial charge in [-0.25, -0.2) is 4.79 Å². The van der Waals surface area contributed by atoms with Gasteiger partial charge in [0.1, 0.15) is 0 Å². The van der Waals surface area contributed by atoms with Crippen LogP contribution in [0.15, 0.2) is 48.5 Å². The minimum absolute atomic E-state index is 0.185. The van der Waals surface area contributed by atoms with Gasteiger partial charge in [0.05, 0.1) is 7.11 Å². The smallest absolute Gasteiger partial charge is 0.411 e. The predicted octanol–water partition coefficient (Wildman–Crippen LogP) is 3.67. The van der Waals surface area contributed by atoms with Gasteiger partial charge in [0.25, 0.3) is 5.91 Å². The Morgan fingerprint density at radius 3 is 2.54 bits per heavy atom. The zero-order valence-corrected chi connectivity index (χ0v) is 13.5. The summed E-state index contributed by atoms with van der Waals surface area (Å²) in [5, 5.41) is 5.43. The minimum atomic E-state index is -0.566. The Hall–Kier alpha value is -2.82. The van der Waals surface area contributed by atoms with Crippen molar-refractivity contribution in [3.63, 3.8) is 0 Å². The first-order chi connectivity index (χ1) is 11.7.